The van der Waals surface area contributed by atoms with Crippen molar-refractivity contribution in [2.75, 3.05) is 0 Å². The summed E-state index contributed by atoms with van der Waals surface area (Å²) >= 11 is 0. The van der Waals surface area contributed by atoms with Crippen LogP contribution in [0, 0.1) is 0 Å². The summed E-state index contributed by atoms with van der Waals surface area (Å²) in [7, 11) is 0. The van der Waals surface area contributed by atoms with E-state index in [0.29, 0.717) is 0 Å². The minimum Gasteiger partial charge on any atom is -0.481 e. The lowest BCUT2D eigenvalue weighted by molar-refractivity contribution is -0.140. The van der Waals surface area contributed by atoms with Gasteiger partial charge < -0.3 is 25.5 Å². The number of aromatic nitrogens is 2. The molecule has 0 aliphatic heterocycles. The third-order valence-corrected chi connectivity index (χ3v) is 2.33. The zero-order valence-corrected chi connectivity index (χ0v) is 9.80. The van der Waals surface area contributed by atoms with Crippen molar-refractivity contribution in [2.45, 2.75) is 25.3 Å². The zero-order chi connectivity index (χ0) is 14.4. The Morgan fingerprint density at radius 2 is 2.00 bits per heavy atom. The normalized spacial score (nSPS) is 11.8. The molecular formula is C10H13N3O6. The summed E-state index contributed by atoms with van der Waals surface area (Å²) in [6.45, 7) is 0. The molecule has 1 heterocycles. The number of aliphatic carboxylic acids is 2. The van der Waals surface area contributed by atoms with Gasteiger partial charge in [-0.2, -0.15) is 0 Å². The quantitative estimate of drug-likeness (QED) is 0.435. The molecule has 1 aromatic heterocycles. The average Bonchev–Trinajstić information content (AvgIpc) is 2.73. The number of carbonyl (C=O) groups is 3. The molecule has 1 aromatic rings. The predicted molar refractivity (Wildman–Crippen MR) is 61.8 cm³/mol. The van der Waals surface area contributed by atoms with Crippen molar-refractivity contribution >= 4 is 17.8 Å². The molecule has 0 saturated heterocycles. The highest BCUT2D eigenvalue weighted by atomic mass is 16.4. The molecule has 0 bridgehead atoms. The third kappa shape index (κ3) is 4.66. The van der Waals surface area contributed by atoms with E-state index in [9.17, 15) is 19.2 Å². The molecule has 19 heavy (non-hydrogen) atoms. The smallest absolute Gasteiger partial charge is 0.326 e. The Labute approximate surface area is 106 Å². The molecule has 5 N–H and O–H groups in total. The SMILES string of the molecule is O=C(O)CCC[C@@H](NC(=O)c1c[nH]c(=O)[nH]1)C(=O)O. The fraction of sp³-hybridized carbons (Fsp3) is 0.400. The van der Waals surface area contributed by atoms with Gasteiger partial charge in [0, 0.05) is 12.6 Å². The highest BCUT2D eigenvalue weighted by molar-refractivity contribution is 5.94. The summed E-state index contributed by atoms with van der Waals surface area (Å²) in [5, 5.41) is 19.5. The second-order valence-electron chi connectivity index (χ2n) is 3.81. The van der Waals surface area contributed by atoms with Gasteiger partial charge in [0.25, 0.3) is 5.91 Å². The maximum atomic E-state index is 11.6. The Morgan fingerprint density at radius 1 is 1.32 bits per heavy atom. The van der Waals surface area contributed by atoms with Crippen LogP contribution in [-0.4, -0.2) is 44.1 Å². The van der Waals surface area contributed by atoms with E-state index in [2.05, 4.69) is 15.3 Å². The van der Waals surface area contributed by atoms with E-state index in [0.717, 1.165) is 6.20 Å². The molecule has 0 aromatic carbocycles. The van der Waals surface area contributed by atoms with Crippen LogP contribution in [0.2, 0.25) is 0 Å². The van der Waals surface area contributed by atoms with E-state index < -0.39 is 29.6 Å². The first-order valence-corrected chi connectivity index (χ1v) is 5.43. The largest absolute Gasteiger partial charge is 0.481 e. The van der Waals surface area contributed by atoms with Crippen LogP contribution in [0.1, 0.15) is 29.8 Å². The van der Waals surface area contributed by atoms with Crippen LogP contribution in [-0.2, 0) is 9.59 Å². The van der Waals surface area contributed by atoms with Gasteiger partial charge in [0.15, 0.2) is 0 Å². The Balaban J connectivity index is 2.58. The van der Waals surface area contributed by atoms with E-state index in [4.69, 9.17) is 10.2 Å². The van der Waals surface area contributed by atoms with Gasteiger partial charge in [0.2, 0.25) is 0 Å². The van der Waals surface area contributed by atoms with E-state index in [1.54, 1.807) is 0 Å². The van der Waals surface area contributed by atoms with Gasteiger partial charge >= 0.3 is 17.6 Å². The molecule has 9 heteroatoms. The Bertz CT molecular complexity index is 531. The topological polar surface area (TPSA) is 152 Å². The van der Waals surface area contributed by atoms with Crippen molar-refractivity contribution in [1.29, 1.82) is 0 Å². The first-order valence-electron chi connectivity index (χ1n) is 5.43. The number of carbonyl (C=O) groups excluding carboxylic acids is 1. The summed E-state index contributed by atoms with van der Waals surface area (Å²) in [4.78, 5) is 48.0. The summed E-state index contributed by atoms with van der Waals surface area (Å²) in [5.74, 6) is -3.05. The van der Waals surface area contributed by atoms with Crippen molar-refractivity contribution in [3.63, 3.8) is 0 Å². The van der Waals surface area contributed by atoms with Crippen LogP contribution >= 0.6 is 0 Å². The summed E-state index contributed by atoms with van der Waals surface area (Å²) in [6.07, 6.45) is 1.05. The molecule has 0 fully saturated rings. The second kappa shape index (κ2) is 6.38. The molecule has 0 aliphatic rings. The molecule has 1 rings (SSSR count). The van der Waals surface area contributed by atoms with E-state index in [-0.39, 0.29) is 25.0 Å². The number of nitrogens with one attached hydrogen (secondary N) is 3. The maximum absolute atomic E-state index is 11.6. The fourth-order valence-electron chi connectivity index (χ4n) is 1.41. The molecule has 0 saturated carbocycles. The fourth-order valence-corrected chi connectivity index (χ4v) is 1.41. The van der Waals surface area contributed by atoms with Crippen LogP contribution < -0.4 is 11.0 Å². The molecular weight excluding hydrogens is 258 g/mol. The van der Waals surface area contributed by atoms with Crippen LogP contribution in [0.4, 0.5) is 0 Å². The number of hydrogen-bond donors (Lipinski definition) is 5. The summed E-state index contributed by atoms with van der Waals surface area (Å²) in [6, 6.07) is -1.20. The number of amides is 1. The zero-order valence-electron chi connectivity index (χ0n) is 9.80. The number of rotatable bonds is 7. The maximum Gasteiger partial charge on any atom is 0.326 e. The Kier molecular flexibility index (Phi) is 4.86. The summed E-state index contributed by atoms with van der Waals surface area (Å²) < 4.78 is 0. The van der Waals surface area contributed by atoms with Crippen LogP contribution in [0.25, 0.3) is 0 Å². The lowest BCUT2D eigenvalue weighted by Gasteiger charge is -2.13. The van der Waals surface area contributed by atoms with Crippen LogP contribution in [0.3, 0.4) is 0 Å². The van der Waals surface area contributed by atoms with E-state index >= 15 is 0 Å². The highest BCUT2D eigenvalue weighted by Gasteiger charge is 2.21. The van der Waals surface area contributed by atoms with Gasteiger partial charge in [-0.05, 0) is 12.8 Å². The highest BCUT2D eigenvalue weighted by Crippen LogP contribution is 2.03. The lowest BCUT2D eigenvalue weighted by atomic mass is 10.1. The first-order chi connectivity index (χ1) is 8.90. The van der Waals surface area contributed by atoms with E-state index in [1.165, 1.54) is 0 Å². The number of H-pyrrole nitrogens is 2. The molecule has 0 unspecified atom stereocenters. The Hall–Kier alpha value is -2.58. The minimum absolute atomic E-state index is 0.0119. The van der Waals surface area contributed by atoms with Crippen molar-refractivity contribution in [2.24, 2.45) is 0 Å². The second-order valence-corrected chi connectivity index (χ2v) is 3.81. The number of carboxylic acids is 2. The van der Waals surface area contributed by atoms with Crippen LogP contribution in [0.5, 0.6) is 0 Å². The van der Waals surface area contributed by atoms with Gasteiger partial charge in [-0.15, -0.1) is 0 Å². The van der Waals surface area contributed by atoms with Crippen LogP contribution in [0.15, 0.2) is 11.0 Å². The van der Waals surface area contributed by atoms with Gasteiger partial charge in [0.1, 0.15) is 11.7 Å². The van der Waals surface area contributed by atoms with E-state index in [1.807, 2.05) is 0 Å². The molecule has 1 atom stereocenters. The monoisotopic (exact) mass is 271 g/mol. The van der Waals surface area contributed by atoms with Crippen molar-refractivity contribution < 1.29 is 24.6 Å². The van der Waals surface area contributed by atoms with Gasteiger partial charge in [-0.25, -0.2) is 9.59 Å². The van der Waals surface area contributed by atoms with Gasteiger partial charge in [-0.1, -0.05) is 0 Å². The van der Waals surface area contributed by atoms with Crippen molar-refractivity contribution in [3.05, 3.63) is 22.4 Å². The molecule has 9 nitrogen and oxygen atoms in total. The average molecular weight is 271 g/mol. The van der Waals surface area contributed by atoms with Crippen molar-refractivity contribution in [1.82, 2.24) is 15.3 Å². The number of hydrogen-bond acceptors (Lipinski definition) is 4. The summed E-state index contributed by atoms with van der Waals surface area (Å²) in [5.41, 5.74) is -0.669. The number of aromatic amines is 2. The Morgan fingerprint density at radius 3 is 2.47 bits per heavy atom. The van der Waals surface area contributed by atoms with Gasteiger partial charge in [0.05, 0.1) is 0 Å². The molecule has 0 radical (unpaired) electrons. The number of imidazole rings is 1. The van der Waals surface area contributed by atoms with Crippen molar-refractivity contribution in [3.8, 4) is 0 Å². The predicted octanol–water partition coefficient (Wildman–Crippen LogP) is -0.859. The molecule has 0 aliphatic carbocycles. The molecule has 1 amide bonds. The lowest BCUT2D eigenvalue weighted by Crippen LogP contribution is -2.41. The first kappa shape index (κ1) is 14.5. The standard InChI is InChI=1S/C10H13N3O6/c14-7(15)3-1-2-5(9(17)18)12-8(16)6-4-11-10(19)13-6/h4-5H,1-3H2,(H,12,16)(H,14,15)(H,17,18)(H2,11,13,19)/t5-/m1/s1. The van der Waals surface area contributed by atoms with Gasteiger partial charge in [-0.3, -0.25) is 9.59 Å². The number of carboxylic acid groups (broad SMARTS) is 2. The minimum atomic E-state index is -1.27. The molecule has 104 valence electrons. The third-order valence-electron chi connectivity index (χ3n) is 2.33. The molecule has 0 spiro atoms.